The summed E-state index contributed by atoms with van der Waals surface area (Å²) in [6.07, 6.45) is -0.859. The Bertz CT molecular complexity index is 255. The topological polar surface area (TPSA) is 102 Å². The summed E-state index contributed by atoms with van der Waals surface area (Å²) in [4.78, 5) is 34.7. The van der Waals surface area contributed by atoms with Crippen molar-refractivity contribution < 1.29 is 29.0 Å². The molecule has 0 aliphatic carbocycles. The summed E-state index contributed by atoms with van der Waals surface area (Å²) in [5.74, 6) is -3.30. The molecule has 78 valence electrons. The Labute approximate surface area is 79.3 Å². The fourth-order valence-corrected chi connectivity index (χ4v) is 0.610. The van der Waals surface area contributed by atoms with Crippen LogP contribution >= 0.6 is 0 Å². The van der Waals surface area contributed by atoms with Crippen molar-refractivity contribution >= 4 is 24.2 Å². The van der Waals surface area contributed by atoms with Gasteiger partial charge in [-0.2, -0.15) is 4.99 Å². The van der Waals surface area contributed by atoms with Gasteiger partial charge in [0.2, 0.25) is 0 Å². The van der Waals surface area contributed by atoms with Crippen LogP contribution in [-0.4, -0.2) is 43.6 Å². The Morgan fingerprint density at radius 3 is 1.93 bits per heavy atom. The highest BCUT2D eigenvalue weighted by molar-refractivity contribution is 6.10. The van der Waals surface area contributed by atoms with Gasteiger partial charge in [0.05, 0.1) is 14.2 Å². The predicted octanol–water partition coefficient (Wildman–Crippen LogP) is -0.303. The van der Waals surface area contributed by atoms with Gasteiger partial charge in [0.1, 0.15) is 0 Å². The molecule has 0 saturated carbocycles. The molecule has 0 saturated heterocycles. The van der Waals surface area contributed by atoms with Crippen LogP contribution in [-0.2, 0) is 19.1 Å². The molecule has 0 unspecified atom stereocenters. The number of hydrogen-bond donors (Lipinski definition) is 1. The first-order valence-corrected chi connectivity index (χ1v) is 3.45. The molecule has 0 heterocycles. The van der Waals surface area contributed by atoms with Crippen LogP contribution in [0, 0.1) is 5.92 Å². The van der Waals surface area contributed by atoms with E-state index in [0.717, 1.165) is 14.2 Å². The van der Waals surface area contributed by atoms with Gasteiger partial charge in [-0.15, -0.1) is 0 Å². The monoisotopic (exact) mass is 203 g/mol. The minimum atomic E-state index is -1.51. The smallest absolute Gasteiger partial charge is 0.430 e. The molecule has 0 aromatic carbocycles. The third kappa shape index (κ3) is 3.65. The molecule has 14 heavy (non-hydrogen) atoms. The van der Waals surface area contributed by atoms with Crippen molar-refractivity contribution in [1.82, 2.24) is 0 Å². The van der Waals surface area contributed by atoms with Crippen molar-refractivity contribution in [2.24, 2.45) is 10.9 Å². The van der Waals surface area contributed by atoms with E-state index in [0.29, 0.717) is 6.21 Å². The minimum absolute atomic E-state index is 0.653. The van der Waals surface area contributed by atoms with Crippen LogP contribution in [0.2, 0.25) is 0 Å². The van der Waals surface area contributed by atoms with E-state index in [-0.39, 0.29) is 0 Å². The fourth-order valence-electron chi connectivity index (χ4n) is 0.610. The number of hydrogen-bond acceptors (Lipinski definition) is 5. The predicted molar refractivity (Wildman–Crippen MR) is 44.0 cm³/mol. The molecule has 0 aromatic rings. The van der Waals surface area contributed by atoms with Crippen LogP contribution in [0.3, 0.4) is 0 Å². The highest BCUT2D eigenvalue weighted by Gasteiger charge is 2.26. The zero-order valence-electron chi connectivity index (χ0n) is 7.59. The Morgan fingerprint density at radius 2 is 1.64 bits per heavy atom. The lowest BCUT2D eigenvalue weighted by Gasteiger charge is -2.05. The van der Waals surface area contributed by atoms with Crippen LogP contribution in [0.25, 0.3) is 0 Å². The number of aliphatic imine (C=N–C) groups is 1. The largest absolute Gasteiger partial charge is 0.468 e. The first-order chi connectivity index (χ1) is 6.52. The number of nitrogens with zero attached hydrogens (tertiary/aromatic N) is 1. The summed E-state index contributed by atoms with van der Waals surface area (Å²) in [6.45, 7) is 0. The number of carboxylic acid groups (broad SMARTS) is 1. The second kappa shape index (κ2) is 5.68. The first-order valence-electron chi connectivity index (χ1n) is 3.45. The van der Waals surface area contributed by atoms with Gasteiger partial charge >= 0.3 is 18.0 Å². The number of ether oxygens (including phenoxy) is 2. The van der Waals surface area contributed by atoms with Crippen molar-refractivity contribution in [3.8, 4) is 0 Å². The van der Waals surface area contributed by atoms with Crippen LogP contribution in [0.4, 0.5) is 4.79 Å². The summed E-state index contributed by atoms with van der Waals surface area (Å²) in [7, 11) is 2.12. The lowest BCUT2D eigenvalue weighted by Crippen LogP contribution is -2.28. The number of carbonyl (C=O) groups excluding carboxylic acids is 2. The van der Waals surface area contributed by atoms with E-state index in [1.54, 1.807) is 0 Å². The van der Waals surface area contributed by atoms with Gasteiger partial charge in [0.25, 0.3) is 0 Å². The summed E-state index contributed by atoms with van der Waals surface area (Å²) < 4.78 is 8.49. The molecule has 0 spiro atoms. The lowest BCUT2D eigenvalue weighted by atomic mass is 10.2. The molecule has 0 aliphatic rings. The molecule has 1 N–H and O–H groups in total. The lowest BCUT2D eigenvalue weighted by molar-refractivity contribution is -0.154. The maximum atomic E-state index is 10.9. The van der Waals surface area contributed by atoms with E-state index in [4.69, 9.17) is 5.11 Å². The molecule has 0 rings (SSSR count). The maximum Gasteiger partial charge on any atom is 0.430 e. The Kier molecular flexibility index (Phi) is 4.90. The Morgan fingerprint density at radius 1 is 1.21 bits per heavy atom. The van der Waals surface area contributed by atoms with Gasteiger partial charge in [-0.3, -0.25) is 9.59 Å². The van der Waals surface area contributed by atoms with Crippen LogP contribution < -0.4 is 0 Å². The molecular weight excluding hydrogens is 194 g/mol. The van der Waals surface area contributed by atoms with Crippen LogP contribution in [0.1, 0.15) is 0 Å². The summed E-state index contributed by atoms with van der Waals surface area (Å²) in [6, 6.07) is 0. The Balaban J connectivity index is 4.64. The van der Waals surface area contributed by atoms with Gasteiger partial charge in [-0.05, 0) is 0 Å². The van der Waals surface area contributed by atoms with Gasteiger partial charge < -0.3 is 14.6 Å². The molecule has 1 amide bonds. The quantitative estimate of drug-likeness (QED) is 0.383. The van der Waals surface area contributed by atoms with Crippen LogP contribution in [0.5, 0.6) is 0 Å². The first kappa shape index (κ1) is 12.1. The zero-order chi connectivity index (χ0) is 11.1. The molecule has 0 aromatic heterocycles. The minimum Gasteiger partial charge on any atom is -0.468 e. The number of esters is 2. The average Bonchev–Trinajstić information content (AvgIpc) is 2.16. The van der Waals surface area contributed by atoms with Gasteiger partial charge in [0, 0.05) is 6.21 Å². The molecule has 0 fully saturated rings. The number of methoxy groups -OCH3 is 2. The van der Waals surface area contributed by atoms with Gasteiger partial charge in [-0.1, -0.05) is 0 Å². The second-order valence-corrected chi connectivity index (χ2v) is 2.08. The summed E-state index contributed by atoms with van der Waals surface area (Å²) >= 11 is 0. The molecule has 0 radical (unpaired) electrons. The average molecular weight is 203 g/mol. The van der Waals surface area contributed by atoms with E-state index in [1.807, 2.05) is 0 Å². The van der Waals surface area contributed by atoms with Crippen molar-refractivity contribution in [2.45, 2.75) is 0 Å². The van der Waals surface area contributed by atoms with E-state index in [1.165, 1.54) is 0 Å². The van der Waals surface area contributed by atoms with E-state index >= 15 is 0 Å². The van der Waals surface area contributed by atoms with E-state index in [9.17, 15) is 14.4 Å². The SMILES string of the molecule is COC(=O)C(C=NC(=O)O)C(=O)OC. The summed E-state index contributed by atoms with van der Waals surface area (Å²) in [5, 5.41) is 8.17. The van der Waals surface area contributed by atoms with Gasteiger partial charge in [-0.25, -0.2) is 4.79 Å². The van der Waals surface area contributed by atoms with Crippen molar-refractivity contribution in [1.29, 1.82) is 0 Å². The van der Waals surface area contributed by atoms with E-state index in [2.05, 4.69) is 14.5 Å². The second-order valence-electron chi connectivity index (χ2n) is 2.08. The highest BCUT2D eigenvalue weighted by atomic mass is 16.5. The van der Waals surface area contributed by atoms with Crippen molar-refractivity contribution in [3.05, 3.63) is 0 Å². The molecule has 0 bridgehead atoms. The molecule has 0 atom stereocenters. The molecule has 7 heteroatoms. The van der Waals surface area contributed by atoms with E-state index < -0.39 is 23.9 Å². The number of amides is 1. The fraction of sp³-hybridized carbons (Fsp3) is 0.429. The normalized spacial score (nSPS) is 10.2. The molecule has 7 nitrogen and oxygen atoms in total. The third-order valence-corrected chi connectivity index (χ3v) is 1.24. The molecular formula is C7H9NO6. The number of carbonyl (C=O) groups is 3. The third-order valence-electron chi connectivity index (χ3n) is 1.24. The summed E-state index contributed by atoms with van der Waals surface area (Å²) in [5.41, 5.74) is 0. The highest BCUT2D eigenvalue weighted by Crippen LogP contribution is 1.99. The van der Waals surface area contributed by atoms with Gasteiger partial charge in [0.15, 0.2) is 5.92 Å². The Hall–Kier alpha value is -1.92. The van der Waals surface area contributed by atoms with Crippen molar-refractivity contribution in [3.63, 3.8) is 0 Å². The zero-order valence-corrected chi connectivity index (χ0v) is 7.59. The maximum absolute atomic E-state index is 10.9. The van der Waals surface area contributed by atoms with Crippen LogP contribution in [0.15, 0.2) is 4.99 Å². The molecule has 0 aliphatic heterocycles. The standard InChI is InChI=1S/C7H9NO6/c1-13-5(9)4(6(10)14-2)3-8-7(11)12/h3-4H,1-2H3,(H,11,12). The number of rotatable bonds is 3. The van der Waals surface area contributed by atoms with Crippen molar-refractivity contribution in [2.75, 3.05) is 14.2 Å².